The number of likely N-dealkylation sites (N-methyl/N-ethyl adjacent to an activating group) is 2. The van der Waals surface area contributed by atoms with Crippen LogP contribution in [-0.4, -0.2) is 79.6 Å². The Bertz CT molecular complexity index is 977. The number of carbonyl (C=O) groups is 3. The van der Waals surface area contributed by atoms with E-state index < -0.39 is 46.1 Å². The van der Waals surface area contributed by atoms with Crippen LogP contribution in [0.3, 0.4) is 0 Å². The molecule has 29 heavy (non-hydrogen) atoms. The predicted molar refractivity (Wildman–Crippen MR) is 104 cm³/mol. The van der Waals surface area contributed by atoms with Crippen LogP contribution in [0.1, 0.15) is 13.3 Å². The average molecular weight is 422 g/mol. The van der Waals surface area contributed by atoms with Crippen molar-refractivity contribution in [3.63, 3.8) is 0 Å². The molecular formula is C17H22N6O5S. The van der Waals surface area contributed by atoms with Gasteiger partial charge in [0.05, 0.1) is 11.2 Å². The summed E-state index contributed by atoms with van der Waals surface area (Å²) in [6.45, 7) is 1.79. The van der Waals surface area contributed by atoms with E-state index in [1.165, 1.54) is 42.6 Å². The fourth-order valence-corrected chi connectivity index (χ4v) is 3.94. The van der Waals surface area contributed by atoms with Gasteiger partial charge in [0.25, 0.3) is 5.91 Å². The van der Waals surface area contributed by atoms with Crippen molar-refractivity contribution in [2.75, 3.05) is 19.4 Å². The number of primary sulfonamides is 1. The number of sulfonamides is 1. The van der Waals surface area contributed by atoms with Crippen molar-refractivity contribution in [2.45, 2.75) is 36.5 Å². The number of fused-ring (bicyclic) bond motifs is 1. The van der Waals surface area contributed by atoms with E-state index in [1.807, 2.05) is 0 Å². The van der Waals surface area contributed by atoms with Crippen molar-refractivity contribution in [1.82, 2.24) is 14.7 Å². The Morgan fingerprint density at radius 3 is 2.41 bits per heavy atom. The number of rotatable bonds is 5. The van der Waals surface area contributed by atoms with Gasteiger partial charge < -0.3 is 15.1 Å². The van der Waals surface area contributed by atoms with E-state index in [0.29, 0.717) is 12.1 Å². The second kappa shape index (κ2) is 7.44. The van der Waals surface area contributed by atoms with Crippen LogP contribution in [0, 0.1) is 0 Å². The van der Waals surface area contributed by atoms with Crippen molar-refractivity contribution < 1.29 is 22.8 Å². The van der Waals surface area contributed by atoms with Gasteiger partial charge in [0.1, 0.15) is 6.04 Å². The molecule has 12 heteroatoms. The highest BCUT2D eigenvalue weighted by Gasteiger charge is 2.50. The van der Waals surface area contributed by atoms with Gasteiger partial charge in [-0.15, -0.1) is 0 Å². The summed E-state index contributed by atoms with van der Waals surface area (Å²) in [5.74, 6) is -0.822. The first-order chi connectivity index (χ1) is 13.6. The van der Waals surface area contributed by atoms with E-state index in [4.69, 9.17) is 5.14 Å². The number of hydrogen-bond acceptors (Lipinski definition) is 7. The van der Waals surface area contributed by atoms with E-state index >= 15 is 0 Å². The molecule has 0 radical (unpaired) electrons. The van der Waals surface area contributed by atoms with Crippen LogP contribution >= 0.6 is 0 Å². The lowest BCUT2D eigenvalue weighted by Crippen LogP contribution is -2.65. The SMILES string of the molecule is CCC(C(=O)Nc1ccc(S(N)(=O)=O)cc1)N1C=NC2C1C(=O)N(C)C(=O)N2C. The van der Waals surface area contributed by atoms with Crippen LogP contribution in [0.5, 0.6) is 0 Å². The number of nitrogens with zero attached hydrogens (tertiary/aromatic N) is 4. The molecule has 2 aliphatic rings. The summed E-state index contributed by atoms with van der Waals surface area (Å²) in [5.41, 5.74) is 0.382. The summed E-state index contributed by atoms with van der Waals surface area (Å²) in [5, 5.41) is 7.77. The monoisotopic (exact) mass is 422 g/mol. The standard InChI is InChI=1S/C17H22N6O5S/c1-4-12(15(24)20-10-5-7-11(8-6-10)29(18,27)28)23-9-19-14-13(23)16(25)22(3)17(26)21(14)2/h5-9,12-14H,4H2,1-3H3,(H,20,24)(H2,18,27,28). The summed E-state index contributed by atoms with van der Waals surface area (Å²) in [6.07, 6.45) is 1.11. The number of hydrogen-bond donors (Lipinski definition) is 2. The molecule has 2 heterocycles. The Balaban J connectivity index is 1.79. The lowest BCUT2D eigenvalue weighted by atomic mass is 10.1. The first-order valence-corrected chi connectivity index (χ1v) is 10.4. The van der Waals surface area contributed by atoms with Crippen LogP contribution < -0.4 is 10.5 Å². The molecule has 0 aromatic heterocycles. The average Bonchev–Trinajstić information content (AvgIpc) is 3.10. The fraction of sp³-hybridized carbons (Fsp3) is 0.412. The lowest BCUT2D eigenvalue weighted by molar-refractivity contribution is -0.137. The maximum Gasteiger partial charge on any atom is 0.328 e. The summed E-state index contributed by atoms with van der Waals surface area (Å²) in [6, 6.07) is 3.48. The predicted octanol–water partition coefficient (Wildman–Crippen LogP) is -0.386. The Kier molecular flexibility index (Phi) is 5.32. The van der Waals surface area contributed by atoms with Crippen LogP contribution in [0.15, 0.2) is 34.2 Å². The maximum atomic E-state index is 12.9. The molecule has 3 N–H and O–H groups in total. The van der Waals surface area contributed by atoms with Crippen LogP contribution in [-0.2, 0) is 19.6 Å². The van der Waals surface area contributed by atoms with Crippen molar-refractivity contribution in [3.05, 3.63) is 24.3 Å². The highest BCUT2D eigenvalue weighted by atomic mass is 32.2. The molecule has 0 saturated carbocycles. The molecule has 11 nitrogen and oxygen atoms in total. The van der Waals surface area contributed by atoms with Crippen LogP contribution in [0.4, 0.5) is 10.5 Å². The zero-order valence-electron chi connectivity index (χ0n) is 16.1. The number of anilines is 1. The first kappa shape index (κ1) is 20.7. The van der Waals surface area contributed by atoms with E-state index in [0.717, 1.165) is 4.90 Å². The largest absolute Gasteiger partial charge is 0.335 e. The minimum Gasteiger partial charge on any atom is -0.335 e. The quantitative estimate of drug-likeness (QED) is 0.661. The number of nitrogens with two attached hydrogens (primary N) is 1. The van der Waals surface area contributed by atoms with Crippen molar-refractivity contribution in [2.24, 2.45) is 10.1 Å². The number of aliphatic imine (C=N–C) groups is 1. The molecule has 0 aliphatic carbocycles. The second-order valence-corrected chi connectivity index (χ2v) is 8.41. The number of nitrogens with one attached hydrogen (secondary N) is 1. The van der Waals surface area contributed by atoms with Gasteiger partial charge in [-0.2, -0.15) is 0 Å². The molecule has 4 amide bonds. The number of urea groups is 1. The number of imide groups is 1. The topological polar surface area (TPSA) is 145 Å². The Morgan fingerprint density at radius 1 is 1.24 bits per heavy atom. The van der Waals surface area contributed by atoms with Gasteiger partial charge in [-0.25, -0.2) is 23.3 Å². The Morgan fingerprint density at radius 2 is 1.86 bits per heavy atom. The molecule has 0 spiro atoms. The van der Waals surface area contributed by atoms with Crippen molar-refractivity contribution in [3.8, 4) is 0 Å². The number of carbonyl (C=O) groups excluding carboxylic acids is 3. The van der Waals surface area contributed by atoms with Gasteiger partial charge in [0.2, 0.25) is 15.9 Å². The molecule has 1 saturated heterocycles. The third-order valence-electron chi connectivity index (χ3n) is 5.03. The highest BCUT2D eigenvalue weighted by molar-refractivity contribution is 7.89. The van der Waals surface area contributed by atoms with Crippen LogP contribution in [0.25, 0.3) is 0 Å². The minimum absolute atomic E-state index is 0.0689. The zero-order chi connectivity index (χ0) is 21.5. The van der Waals surface area contributed by atoms with Crippen LogP contribution in [0.2, 0.25) is 0 Å². The molecule has 1 fully saturated rings. The summed E-state index contributed by atoms with van der Waals surface area (Å²) in [7, 11) is -0.885. The number of benzene rings is 1. The normalized spacial score (nSPS) is 22.7. The second-order valence-electron chi connectivity index (χ2n) is 6.84. The van der Waals surface area contributed by atoms with Gasteiger partial charge in [-0.3, -0.25) is 14.5 Å². The van der Waals surface area contributed by atoms with E-state index in [-0.39, 0.29) is 4.90 Å². The van der Waals surface area contributed by atoms with Gasteiger partial charge in [0.15, 0.2) is 12.2 Å². The molecule has 3 atom stereocenters. The third-order valence-corrected chi connectivity index (χ3v) is 5.95. The molecule has 3 unspecified atom stereocenters. The summed E-state index contributed by atoms with van der Waals surface area (Å²) >= 11 is 0. The van der Waals surface area contributed by atoms with E-state index in [1.54, 1.807) is 18.9 Å². The molecule has 2 aliphatic heterocycles. The Hall–Kier alpha value is -2.99. The van der Waals surface area contributed by atoms with Gasteiger partial charge in [-0.1, -0.05) is 6.92 Å². The Labute approximate surface area is 168 Å². The highest BCUT2D eigenvalue weighted by Crippen LogP contribution is 2.27. The van der Waals surface area contributed by atoms with Gasteiger partial charge in [-0.05, 0) is 30.7 Å². The summed E-state index contributed by atoms with van der Waals surface area (Å²) < 4.78 is 22.7. The number of amides is 4. The van der Waals surface area contributed by atoms with Crippen molar-refractivity contribution >= 4 is 39.9 Å². The molecule has 156 valence electrons. The van der Waals surface area contributed by atoms with Gasteiger partial charge in [0, 0.05) is 19.8 Å². The molecule has 1 aromatic carbocycles. The van der Waals surface area contributed by atoms with Gasteiger partial charge >= 0.3 is 6.03 Å². The molecule has 0 bridgehead atoms. The lowest BCUT2D eigenvalue weighted by Gasteiger charge is -2.41. The van der Waals surface area contributed by atoms with Crippen molar-refractivity contribution in [1.29, 1.82) is 0 Å². The molecule has 3 rings (SSSR count). The maximum absolute atomic E-state index is 12.9. The summed E-state index contributed by atoms with van der Waals surface area (Å²) in [4.78, 5) is 45.7. The first-order valence-electron chi connectivity index (χ1n) is 8.85. The molecular weight excluding hydrogens is 400 g/mol. The smallest absolute Gasteiger partial charge is 0.328 e. The zero-order valence-corrected chi connectivity index (χ0v) is 17.0. The van der Waals surface area contributed by atoms with E-state index in [2.05, 4.69) is 10.3 Å². The van der Waals surface area contributed by atoms with E-state index in [9.17, 15) is 22.8 Å². The fourth-order valence-electron chi connectivity index (χ4n) is 3.42. The minimum atomic E-state index is -3.83. The molecule has 1 aromatic rings. The third kappa shape index (κ3) is 3.68.